The maximum atomic E-state index is 13.0. The molecule has 12 heteroatoms. The van der Waals surface area contributed by atoms with Gasteiger partial charge >= 0.3 is 6.09 Å². The predicted molar refractivity (Wildman–Crippen MR) is 141 cm³/mol. The number of nitrogens with zero attached hydrogens (tertiary/aromatic N) is 1. The minimum Gasteiger partial charge on any atom is -0.497 e. The largest absolute Gasteiger partial charge is 0.497 e. The van der Waals surface area contributed by atoms with Gasteiger partial charge in [-0.2, -0.15) is 0 Å². The molecule has 0 saturated heterocycles. The lowest BCUT2D eigenvalue weighted by molar-refractivity contribution is 0.135. The number of rotatable bonds is 10. The number of nitrogens with one attached hydrogen (secondary N) is 2. The van der Waals surface area contributed by atoms with E-state index >= 15 is 0 Å². The number of aromatic nitrogens is 2. The van der Waals surface area contributed by atoms with E-state index in [1.54, 1.807) is 24.3 Å². The summed E-state index contributed by atoms with van der Waals surface area (Å²) in [5.41, 5.74) is 0.855. The van der Waals surface area contributed by atoms with Gasteiger partial charge in [-0.25, -0.2) is 14.2 Å². The molecule has 1 aromatic heterocycles. The first-order chi connectivity index (χ1) is 18.9. The van der Waals surface area contributed by atoms with Crippen LogP contribution >= 0.6 is 0 Å². The third kappa shape index (κ3) is 6.12. The number of hydrogen-bond acceptors (Lipinski definition) is 9. The number of carbonyl (C=O) groups excluding carboxylic acids is 1. The fraction of sp³-hybridized carbons (Fsp3) is 0.222. The average molecular weight is 540 g/mol. The highest BCUT2D eigenvalue weighted by molar-refractivity contribution is 5.87. The first-order valence-corrected chi connectivity index (χ1v) is 11.6. The Morgan fingerprint density at radius 3 is 2.18 bits per heavy atom. The highest BCUT2D eigenvalue weighted by atomic mass is 19.1. The summed E-state index contributed by atoms with van der Waals surface area (Å²) in [7, 11) is 5.86. The second kappa shape index (κ2) is 12.0. The van der Waals surface area contributed by atoms with Crippen LogP contribution in [0.3, 0.4) is 0 Å². The van der Waals surface area contributed by atoms with Crippen molar-refractivity contribution in [3.8, 4) is 40.1 Å². The van der Waals surface area contributed by atoms with Crippen LogP contribution in [0.4, 0.5) is 14.9 Å². The van der Waals surface area contributed by atoms with Gasteiger partial charge in [0.2, 0.25) is 5.75 Å². The van der Waals surface area contributed by atoms with Gasteiger partial charge in [-0.05, 0) is 36.4 Å². The number of methoxy groups -OCH3 is 4. The molecule has 1 amide bonds. The Balaban J connectivity index is 1.53. The molecule has 0 aliphatic heterocycles. The van der Waals surface area contributed by atoms with Crippen molar-refractivity contribution in [2.24, 2.45) is 0 Å². The maximum absolute atomic E-state index is 13.0. The van der Waals surface area contributed by atoms with Gasteiger partial charge in [-0.15, -0.1) is 0 Å². The second-order valence-corrected chi connectivity index (χ2v) is 7.96. The Labute approximate surface area is 222 Å². The van der Waals surface area contributed by atoms with Gasteiger partial charge in [0.25, 0.3) is 5.56 Å². The molecule has 0 aliphatic rings. The zero-order valence-corrected chi connectivity index (χ0v) is 21.6. The quantitative estimate of drug-likeness (QED) is 0.282. The number of benzene rings is 3. The highest BCUT2D eigenvalue weighted by Gasteiger charge is 2.19. The SMILES string of the molecule is COc1cc(OC)c2c(=O)[nH]c(-c3cc(OC)c(OCCOC(=O)Nc4ccc(F)cc4)c(OC)c3)nc2c1. The predicted octanol–water partition coefficient (Wildman–Crippen LogP) is 4.39. The zero-order valence-electron chi connectivity index (χ0n) is 21.6. The van der Waals surface area contributed by atoms with Gasteiger partial charge < -0.3 is 33.4 Å². The number of hydrogen-bond donors (Lipinski definition) is 2. The third-order valence-electron chi connectivity index (χ3n) is 5.59. The van der Waals surface area contributed by atoms with E-state index in [0.29, 0.717) is 39.8 Å². The molecule has 39 heavy (non-hydrogen) atoms. The normalized spacial score (nSPS) is 10.6. The van der Waals surface area contributed by atoms with Crippen LogP contribution in [-0.2, 0) is 4.74 Å². The van der Waals surface area contributed by atoms with Crippen molar-refractivity contribution in [1.82, 2.24) is 9.97 Å². The van der Waals surface area contributed by atoms with Crippen molar-refractivity contribution in [2.45, 2.75) is 0 Å². The molecule has 0 radical (unpaired) electrons. The van der Waals surface area contributed by atoms with Crippen LogP contribution in [0.1, 0.15) is 0 Å². The number of carbonyl (C=O) groups is 1. The monoisotopic (exact) mass is 539 g/mol. The first kappa shape index (κ1) is 27.0. The summed E-state index contributed by atoms with van der Waals surface area (Å²) in [5.74, 6) is 1.51. The fourth-order valence-corrected chi connectivity index (χ4v) is 3.75. The fourth-order valence-electron chi connectivity index (χ4n) is 3.75. The molecule has 11 nitrogen and oxygen atoms in total. The Morgan fingerprint density at radius 1 is 0.897 bits per heavy atom. The van der Waals surface area contributed by atoms with Gasteiger partial charge in [-0.3, -0.25) is 10.1 Å². The molecule has 204 valence electrons. The summed E-state index contributed by atoms with van der Waals surface area (Å²) < 4.78 is 45.5. The molecular formula is C27H26FN3O8. The molecule has 4 aromatic rings. The van der Waals surface area contributed by atoms with Crippen LogP contribution in [0.5, 0.6) is 28.7 Å². The highest BCUT2D eigenvalue weighted by Crippen LogP contribution is 2.41. The Kier molecular flexibility index (Phi) is 8.34. The molecule has 1 heterocycles. The maximum Gasteiger partial charge on any atom is 0.411 e. The first-order valence-electron chi connectivity index (χ1n) is 11.6. The van der Waals surface area contributed by atoms with E-state index in [1.807, 2.05) is 0 Å². The van der Waals surface area contributed by atoms with Gasteiger partial charge in [0.15, 0.2) is 11.5 Å². The lowest BCUT2D eigenvalue weighted by Crippen LogP contribution is -2.18. The van der Waals surface area contributed by atoms with Crippen LogP contribution in [0, 0.1) is 5.82 Å². The third-order valence-corrected chi connectivity index (χ3v) is 5.59. The van der Waals surface area contributed by atoms with Crippen LogP contribution in [-0.4, -0.2) is 57.7 Å². The lowest BCUT2D eigenvalue weighted by atomic mass is 10.1. The second-order valence-electron chi connectivity index (χ2n) is 7.96. The average Bonchev–Trinajstić information content (AvgIpc) is 2.95. The standard InChI is InChI=1S/C27H26FN3O8/c1-34-18-13-19-23(20(14-18)35-2)26(32)31-25(30-19)15-11-21(36-3)24(22(12-15)37-4)38-9-10-39-27(33)29-17-7-5-16(28)6-8-17/h5-8,11-14H,9-10H2,1-4H3,(H,29,33)(H,30,31,32). The van der Waals surface area contributed by atoms with Crippen molar-refractivity contribution in [3.05, 3.63) is 64.7 Å². The summed E-state index contributed by atoms with van der Waals surface area (Å²) in [4.78, 5) is 32.2. The summed E-state index contributed by atoms with van der Waals surface area (Å²) in [6.07, 6.45) is -0.723. The number of amides is 1. The lowest BCUT2D eigenvalue weighted by Gasteiger charge is -2.16. The minimum absolute atomic E-state index is 0.0203. The minimum atomic E-state index is -0.723. The van der Waals surface area contributed by atoms with E-state index in [2.05, 4.69) is 15.3 Å². The molecule has 4 rings (SSSR count). The molecule has 0 spiro atoms. The molecule has 0 atom stereocenters. The van der Waals surface area contributed by atoms with Crippen molar-refractivity contribution >= 4 is 22.7 Å². The molecule has 2 N–H and O–H groups in total. The van der Waals surface area contributed by atoms with E-state index in [-0.39, 0.29) is 30.2 Å². The number of H-pyrrole nitrogens is 1. The van der Waals surface area contributed by atoms with Crippen molar-refractivity contribution in [1.29, 1.82) is 0 Å². The number of ether oxygens (including phenoxy) is 6. The van der Waals surface area contributed by atoms with E-state index < -0.39 is 17.5 Å². The van der Waals surface area contributed by atoms with Crippen molar-refractivity contribution < 1.29 is 37.6 Å². The van der Waals surface area contributed by atoms with Crippen LogP contribution in [0.2, 0.25) is 0 Å². The summed E-state index contributed by atoms with van der Waals surface area (Å²) in [6, 6.07) is 11.8. The summed E-state index contributed by atoms with van der Waals surface area (Å²) in [5, 5.41) is 2.77. The Bertz CT molecular complexity index is 1510. The van der Waals surface area contributed by atoms with Gasteiger partial charge in [0.05, 0.1) is 34.0 Å². The molecule has 0 aliphatic carbocycles. The van der Waals surface area contributed by atoms with Gasteiger partial charge in [0, 0.05) is 23.4 Å². The van der Waals surface area contributed by atoms with Crippen molar-refractivity contribution in [3.63, 3.8) is 0 Å². The van der Waals surface area contributed by atoms with Gasteiger partial charge in [0.1, 0.15) is 41.7 Å². The molecule has 0 saturated carbocycles. The van der Waals surface area contributed by atoms with E-state index in [0.717, 1.165) is 0 Å². The number of anilines is 1. The van der Waals surface area contributed by atoms with Crippen LogP contribution < -0.4 is 34.6 Å². The molecular weight excluding hydrogens is 513 g/mol. The number of halogens is 1. The smallest absolute Gasteiger partial charge is 0.411 e. The molecule has 0 fully saturated rings. The number of fused-ring (bicyclic) bond motifs is 1. The molecule has 3 aromatic carbocycles. The van der Waals surface area contributed by atoms with Gasteiger partial charge in [-0.1, -0.05) is 0 Å². The van der Waals surface area contributed by atoms with E-state index in [1.165, 1.54) is 52.7 Å². The Morgan fingerprint density at radius 2 is 1.56 bits per heavy atom. The topological polar surface area (TPSA) is 130 Å². The van der Waals surface area contributed by atoms with E-state index in [4.69, 9.17) is 28.4 Å². The zero-order chi connectivity index (χ0) is 27.9. The van der Waals surface area contributed by atoms with Crippen LogP contribution in [0.25, 0.3) is 22.3 Å². The molecule has 0 unspecified atom stereocenters. The summed E-state index contributed by atoms with van der Waals surface area (Å²) in [6.45, 7) is -0.113. The number of aromatic amines is 1. The molecule has 0 bridgehead atoms. The van der Waals surface area contributed by atoms with Crippen LogP contribution in [0.15, 0.2) is 53.3 Å². The van der Waals surface area contributed by atoms with E-state index in [9.17, 15) is 14.0 Å². The Hall–Kier alpha value is -5.00. The summed E-state index contributed by atoms with van der Waals surface area (Å²) >= 11 is 0. The van der Waals surface area contributed by atoms with Crippen molar-refractivity contribution in [2.75, 3.05) is 47.0 Å².